The molecule has 2 rings (SSSR count). The zero-order valence-corrected chi connectivity index (χ0v) is 10.4. The van der Waals surface area contributed by atoms with Gasteiger partial charge in [-0.1, -0.05) is 29.8 Å². The van der Waals surface area contributed by atoms with Crippen molar-refractivity contribution in [1.29, 1.82) is 0 Å². The summed E-state index contributed by atoms with van der Waals surface area (Å²) < 4.78 is 0. The fourth-order valence-corrected chi connectivity index (χ4v) is 1.94. The molecule has 1 N–H and O–H groups in total. The first kappa shape index (κ1) is 12.1. The molecule has 1 aromatic carbocycles. The summed E-state index contributed by atoms with van der Waals surface area (Å²) in [5.41, 5.74) is 0.950. The summed E-state index contributed by atoms with van der Waals surface area (Å²) in [5, 5.41) is 11.1. The Hall–Kier alpha value is -1.38. The first-order chi connectivity index (χ1) is 8.08. The largest absolute Gasteiger partial charge is 0.385 e. The fourth-order valence-electron chi connectivity index (χ4n) is 1.81. The average molecular weight is 248 g/mol. The predicted octanol–water partition coefficient (Wildman–Crippen LogP) is 3.19. The third kappa shape index (κ3) is 3.05. The lowest BCUT2D eigenvalue weighted by atomic mass is 9.90. The van der Waals surface area contributed by atoms with Crippen LogP contribution in [0.2, 0.25) is 5.02 Å². The number of hydrogen-bond acceptors (Lipinski definition) is 2. The van der Waals surface area contributed by atoms with Crippen molar-refractivity contribution in [2.75, 3.05) is 0 Å². The summed E-state index contributed by atoms with van der Waals surface area (Å²) in [4.78, 5) is 4.04. The summed E-state index contributed by atoms with van der Waals surface area (Å²) >= 11 is 5.83. The number of aromatic nitrogens is 1. The van der Waals surface area contributed by atoms with Crippen LogP contribution in [0, 0.1) is 0 Å². The minimum absolute atomic E-state index is 0.530. The van der Waals surface area contributed by atoms with Gasteiger partial charge in [-0.2, -0.15) is 0 Å². The molecule has 0 bridgehead atoms. The van der Waals surface area contributed by atoms with E-state index >= 15 is 0 Å². The fraction of sp³-hybridized carbons (Fsp3) is 0.214. The highest BCUT2D eigenvalue weighted by Crippen LogP contribution is 2.26. The van der Waals surface area contributed by atoms with Gasteiger partial charge in [-0.3, -0.25) is 4.98 Å². The molecule has 0 aliphatic heterocycles. The van der Waals surface area contributed by atoms with E-state index in [0.717, 1.165) is 11.1 Å². The SMILES string of the molecule is CC(O)(Cc1cccnc1)c1ccc(Cl)cc1. The molecule has 1 atom stereocenters. The molecule has 0 aliphatic rings. The van der Waals surface area contributed by atoms with E-state index in [0.29, 0.717) is 11.4 Å². The Labute approximate surface area is 106 Å². The number of halogens is 1. The van der Waals surface area contributed by atoms with Crippen molar-refractivity contribution in [3.05, 3.63) is 64.9 Å². The van der Waals surface area contributed by atoms with Crippen molar-refractivity contribution in [1.82, 2.24) is 4.98 Å². The molecule has 0 spiro atoms. The van der Waals surface area contributed by atoms with E-state index in [9.17, 15) is 5.11 Å². The lowest BCUT2D eigenvalue weighted by Gasteiger charge is -2.23. The van der Waals surface area contributed by atoms with Crippen molar-refractivity contribution in [2.24, 2.45) is 0 Å². The Morgan fingerprint density at radius 3 is 2.53 bits per heavy atom. The van der Waals surface area contributed by atoms with Gasteiger partial charge < -0.3 is 5.11 Å². The summed E-state index contributed by atoms with van der Waals surface area (Å²) in [6.07, 6.45) is 4.02. The van der Waals surface area contributed by atoms with Crippen molar-refractivity contribution < 1.29 is 5.11 Å². The molecular formula is C14H14ClNO. The van der Waals surface area contributed by atoms with Crippen LogP contribution < -0.4 is 0 Å². The van der Waals surface area contributed by atoms with Crippen LogP contribution in [-0.2, 0) is 12.0 Å². The van der Waals surface area contributed by atoms with Crippen LogP contribution in [0.15, 0.2) is 48.8 Å². The molecule has 0 amide bonds. The molecule has 2 aromatic rings. The summed E-state index contributed by atoms with van der Waals surface area (Å²) in [5.74, 6) is 0. The molecule has 1 aromatic heterocycles. The number of nitrogens with zero attached hydrogens (tertiary/aromatic N) is 1. The standard InChI is InChI=1S/C14H14ClNO/c1-14(17,9-11-3-2-8-16-10-11)12-4-6-13(15)7-5-12/h2-8,10,17H,9H2,1H3. The first-order valence-electron chi connectivity index (χ1n) is 5.45. The Bertz CT molecular complexity index is 479. The summed E-state index contributed by atoms with van der Waals surface area (Å²) in [7, 11) is 0. The van der Waals surface area contributed by atoms with Crippen molar-refractivity contribution in [3.8, 4) is 0 Å². The van der Waals surface area contributed by atoms with Crippen molar-refractivity contribution in [3.63, 3.8) is 0 Å². The van der Waals surface area contributed by atoms with Gasteiger partial charge in [0.15, 0.2) is 0 Å². The Kier molecular flexibility index (Phi) is 3.46. The molecule has 0 aliphatic carbocycles. The van der Waals surface area contributed by atoms with Crippen LogP contribution in [0.3, 0.4) is 0 Å². The van der Waals surface area contributed by atoms with Crippen LogP contribution in [-0.4, -0.2) is 10.1 Å². The van der Waals surface area contributed by atoms with Crippen molar-refractivity contribution >= 4 is 11.6 Å². The second-order valence-corrected chi connectivity index (χ2v) is 4.76. The van der Waals surface area contributed by atoms with Crippen LogP contribution in [0.5, 0.6) is 0 Å². The minimum Gasteiger partial charge on any atom is -0.385 e. The third-order valence-corrected chi connectivity index (χ3v) is 2.99. The maximum Gasteiger partial charge on any atom is 0.0909 e. The van der Waals surface area contributed by atoms with E-state index < -0.39 is 5.60 Å². The van der Waals surface area contributed by atoms with E-state index in [-0.39, 0.29) is 0 Å². The number of benzene rings is 1. The lowest BCUT2D eigenvalue weighted by Crippen LogP contribution is -2.24. The molecule has 88 valence electrons. The molecule has 0 radical (unpaired) electrons. The number of pyridine rings is 1. The molecular weight excluding hydrogens is 234 g/mol. The van der Waals surface area contributed by atoms with Crippen LogP contribution in [0.25, 0.3) is 0 Å². The van der Waals surface area contributed by atoms with Gasteiger partial charge in [0.05, 0.1) is 5.60 Å². The van der Waals surface area contributed by atoms with Crippen LogP contribution in [0.1, 0.15) is 18.1 Å². The zero-order chi connectivity index (χ0) is 12.3. The highest BCUT2D eigenvalue weighted by atomic mass is 35.5. The Morgan fingerprint density at radius 1 is 1.24 bits per heavy atom. The number of hydrogen-bond donors (Lipinski definition) is 1. The zero-order valence-electron chi connectivity index (χ0n) is 9.60. The van der Waals surface area contributed by atoms with E-state index in [1.165, 1.54) is 0 Å². The normalized spacial score (nSPS) is 14.3. The molecule has 3 heteroatoms. The molecule has 0 saturated heterocycles. The van der Waals surface area contributed by atoms with Crippen LogP contribution >= 0.6 is 11.6 Å². The van der Waals surface area contributed by atoms with Gasteiger partial charge in [-0.05, 0) is 36.2 Å². The second-order valence-electron chi connectivity index (χ2n) is 4.32. The molecule has 17 heavy (non-hydrogen) atoms. The van der Waals surface area contributed by atoms with Gasteiger partial charge in [0, 0.05) is 23.8 Å². The topological polar surface area (TPSA) is 33.1 Å². The summed E-state index contributed by atoms with van der Waals surface area (Å²) in [6, 6.07) is 11.1. The van der Waals surface area contributed by atoms with Crippen molar-refractivity contribution in [2.45, 2.75) is 18.9 Å². The minimum atomic E-state index is -0.909. The van der Waals surface area contributed by atoms with Gasteiger partial charge in [0.1, 0.15) is 0 Å². The molecule has 1 heterocycles. The van der Waals surface area contributed by atoms with E-state index in [1.807, 2.05) is 24.3 Å². The quantitative estimate of drug-likeness (QED) is 0.904. The lowest BCUT2D eigenvalue weighted by molar-refractivity contribution is 0.0575. The Balaban J connectivity index is 2.21. The average Bonchev–Trinajstić information content (AvgIpc) is 2.30. The third-order valence-electron chi connectivity index (χ3n) is 2.74. The van der Waals surface area contributed by atoms with Gasteiger partial charge >= 0.3 is 0 Å². The second kappa shape index (κ2) is 4.86. The summed E-state index contributed by atoms with van der Waals surface area (Å²) in [6.45, 7) is 1.79. The smallest absolute Gasteiger partial charge is 0.0909 e. The van der Waals surface area contributed by atoms with Gasteiger partial charge in [0.2, 0.25) is 0 Å². The number of aliphatic hydroxyl groups is 1. The highest BCUT2D eigenvalue weighted by Gasteiger charge is 2.23. The van der Waals surface area contributed by atoms with Gasteiger partial charge in [-0.15, -0.1) is 0 Å². The van der Waals surface area contributed by atoms with E-state index in [2.05, 4.69) is 4.98 Å². The van der Waals surface area contributed by atoms with Crippen LogP contribution in [0.4, 0.5) is 0 Å². The molecule has 2 nitrogen and oxygen atoms in total. The maximum absolute atomic E-state index is 10.5. The maximum atomic E-state index is 10.5. The van der Waals surface area contributed by atoms with Gasteiger partial charge in [0.25, 0.3) is 0 Å². The molecule has 0 fully saturated rings. The Morgan fingerprint density at radius 2 is 1.94 bits per heavy atom. The van der Waals surface area contributed by atoms with E-state index in [4.69, 9.17) is 11.6 Å². The van der Waals surface area contributed by atoms with E-state index in [1.54, 1.807) is 31.5 Å². The highest BCUT2D eigenvalue weighted by molar-refractivity contribution is 6.30. The monoisotopic (exact) mass is 247 g/mol. The van der Waals surface area contributed by atoms with Gasteiger partial charge in [-0.25, -0.2) is 0 Å². The number of rotatable bonds is 3. The predicted molar refractivity (Wildman–Crippen MR) is 69.0 cm³/mol. The molecule has 0 saturated carbocycles. The molecule has 1 unspecified atom stereocenters. The first-order valence-corrected chi connectivity index (χ1v) is 5.83.